The van der Waals surface area contributed by atoms with Crippen LogP contribution in [0, 0.1) is 0 Å². The number of hydrogen-bond donors (Lipinski definition) is 2. The van der Waals surface area contributed by atoms with Crippen molar-refractivity contribution in [3.8, 4) is 17.3 Å². The minimum Gasteiger partial charge on any atom is -0.491 e. The average molecular weight is 459 g/mol. The van der Waals surface area contributed by atoms with E-state index in [4.69, 9.17) is 15.6 Å². The first-order valence-electron chi connectivity index (χ1n) is 9.89. The molecule has 0 saturated carbocycles. The van der Waals surface area contributed by atoms with Gasteiger partial charge in [0.2, 0.25) is 0 Å². The molecule has 0 fully saturated rings. The highest BCUT2D eigenvalue weighted by molar-refractivity contribution is 7.07. The Morgan fingerprint density at radius 1 is 1.21 bits per heavy atom. The molecule has 5 aromatic rings. The minimum absolute atomic E-state index is 0.234. The molecule has 4 aromatic heterocycles. The Hall–Kier alpha value is -4.38. The number of benzene rings is 1. The third kappa shape index (κ3) is 3.96. The summed E-state index contributed by atoms with van der Waals surface area (Å²) in [6.07, 6.45) is 4.51. The maximum atomic E-state index is 11.8. The van der Waals surface area contributed by atoms with E-state index >= 15 is 0 Å². The van der Waals surface area contributed by atoms with Gasteiger partial charge in [-0.3, -0.25) is 14.5 Å². The maximum Gasteiger partial charge on any atom is 0.252 e. The normalized spacial score (nSPS) is 10.9. The molecule has 0 spiro atoms. The van der Waals surface area contributed by atoms with Gasteiger partial charge in [-0.05, 0) is 12.1 Å². The Kier molecular flexibility index (Phi) is 5.37. The van der Waals surface area contributed by atoms with E-state index in [0.717, 1.165) is 16.6 Å². The van der Waals surface area contributed by atoms with Crippen molar-refractivity contribution in [2.24, 2.45) is 5.73 Å². The molecule has 33 heavy (non-hydrogen) atoms. The lowest BCUT2D eigenvalue weighted by Crippen LogP contribution is -2.14. The smallest absolute Gasteiger partial charge is 0.252 e. The van der Waals surface area contributed by atoms with Crippen LogP contribution in [0.3, 0.4) is 0 Å². The number of carbonyl (C=O) groups is 1. The zero-order valence-corrected chi connectivity index (χ0v) is 18.3. The van der Waals surface area contributed by atoms with Crippen LogP contribution in [-0.4, -0.2) is 42.7 Å². The van der Waals surface area contributed by atoms with Crippen LogP contribution in [0.5, 0.6) is 5.75 Å². The van der Waals surface area contributed by atoms with Crippen LogP contribution in [0.4, 0.5) is 11.5 Å². The fourth-order valence-electron chi connectivity index (χ4n) is 3.43. The third-order valence-electron chi connectivity index (χ3n) is 4.98. The molecule has 1 aromatic carbocycles. The molecular formula is C22H18N8O2S. The van der Waals surface area contributed by atoms with Crippen LogP contribution in [0.25, 0.3) is 22.4 Å². The number of rotatable bonds is 7. The van der Waals surface area contributed by atoms with Crippen LogP contribution >= 0.6 is 11.3 Å². The molecule has 0 aliphatic rings. The molecule has 0 atom stereocenters. The fraction of sp³-hybridized carbons (Fsp3) is 0.0909. The lowest BCUT2D eigenvalue weighted by atomic mass is 10.2. The largest absolute Gasteiger partial charge is 0.491 e. The molecule has 5 rings (SSSR count). The summed E-state index contributed by atoms with van der Waals surface area (Å²) in [5, 5.41) is 10.8. The van der Waals surface area contributed by atoms with E-state index in [1.54, 1.807) is 35.3 Å². The number of hydrogen-bond acceptors (Lipinski definition) is 9. The molecule has 0 aliphatic carbocycles. The number of fused-ring (bicyclic) bond motifs is 1. The molecule has 10 nitrogen and oxygen atoms in total. The van der Waals surface area contributed by atoms with Gasteiger partial charge in [0, 0.05) is 23.2 Å². The van der Waals surface area contributed by atoms with Crippen LogP contribution in [0.15, 0.2) is 59.8 Å². The molecule has 3 N–H and O–H groups in total. The molecule has 0 radical (unpaired) electrons. The molecule has 1 amide bonds. The second-order valence-electron chi connectivity index (χ2n) is 7.02. The Labute approximate surface area is 192 Å². The topological polar surface area (TPSA) is 134 Å². The van der Waals surface area contributed by atoms with Crippen LogP contribution < -0.4 is 15.8 Å². The number of thiazole rings is 1. The average Bonchev–Trinajstić information content (AvgIpc) is 3.48. The summed E-state index contributed by atoms with van der Waals surface area (Å²) in [6.45, 7) is 0.532. The number of nitrogens with two attached hydrogens (primary N) is 1. The van der Waals surface area contributed by atoms with Crippen molar-refractivity contribution in [2.75, 3.05) is 12.4 Å². The molecule has 0 bridgehead atoms. The summed E-state index contributed by atoms with van der Waals surface area (Å²) in [7, 11) is 1.52. The van der Waals surface area contributed by atoms with E-state index in [2.05, 4.69) is 25.3 Å². The van der Waals surface area contributed by atoms with E-state index in [1.165, 1.54) is 13.3 Å². The summed E-state index contributed by atoms with van der Waals surface area (Å²) >= 11 is 1.54. The van der Waals surface area contributed by atoms with Gasteiger partial charge in [-0.1, -0.05) is 18.2 Å². The van der Waals surface area contributed by atoms with Crippen molar-refractivity contribution in [1.29, 1.82) is 0 Å². The zero-order valence-electron chi connectivity index (χ0n) is 17.5. The van der Waals surface area contributed by atoms with E-state index in [0.29, 0.717) is 35.3 Å². The lowest BCUT2D eigenvalue weighted by molar-refractivity contribution is 0.100. The minimum atomic E-state index is -0.606. The SMILES string of the molecule is COc1cnc(-c2nn(Cc3cscn3)c3ccccc23)nc1Nc1ccncc1C(N)=O. The van der Waals surface area contributed by atoms with Gasteiger partial charge in [0.15, 0.2) is 17.4 Å². The maximum absolute atomic E-state index is 11.8. The first-order valence-corrected chi connectivity index (χ1v) is 10.8. The molecule has 11 heteroatoms. The number of pyridine rings is 1. The number of ether oxygens (including phenoxy) is 1. The second-order valence-corrected chi connectivity index (χ2v) is 7.74. The van der Waals surface area contributed by atoms with E-state index in [9.17, 15) is 4.79 Å². The number of primary amides is 1. The van der Waals surface area contributed by atoms with E-state index in [-0.39, 0.29) is 5.56 Å². The molecular weight excluding hydrogens is 440 g/mol. The quantitative estimate of drug-likeness (QED) is 0.380. The number of carbonyl (C=O) groups excluding carboxylic acids is 1. The predicted octanol–water partition coefficient (Wildman–Crippen LogP) is 3.24. The summed E-state index contributed by atoms with van der Waals surface area (Å²) in [6, 6.07) is 9.52. The third-order valence-corrected chi connectivity index (χ3v) is 5.61. The molecule has 164 valence electrons. The number of anilines is 2. The Morgan fingerprint density at radius 2 is 2.09 bits per heavy atom. The van der Waals surface area contributed by atoms with Gasteiger partial charge in [0.1, 0.15) is 5.69 Å². The van der Waals surface area contributed by atoms with Crippen molar-refractivity contribution >= 4 is 39.7 Å². The van der Waals surface area contributed by atoms with Gasteiger partial charge in [-0.15, -0.1) is 11.3 Å². The Morgan fingerprint density at radius 3 is 2.88 bits per heavy atom. The summed E-state index contributed by atoms with van der Waals surface area (Å²) in [5.74, 6) is 0.568. The Bertz CT molecular complexity index is 1450. The number of amides is 1. The number of aromatic nitrogens is 6. The standard InChI is InChI=1S/C22H18N8O2S/c1-32-18-9-25-22(28-21(18)27-16-6-7-24-8-15(16)20(23)31)19-14-4-2-3-5-17(14)30(29-19)10-13-11-33-12-26-13/h2-9,11-12H,10H2,1H3,(H2,23,31)(H,24,25,27,28). The van der Waals surface area contributed by atoms with Crippen LogP contribution in [-0.2, 0) is 6.54 Å². The number of nitrogens with one attached hydrogen (secondary N) is 1. The first-order chi connectivity index (χ1) is 16.1. The Balaban J connectivity index is 1.59. The lowest BCUT2D eigenvalue weighted by Gasteiger charge is -2.12. The highest BCUT2D eigenvalue weighted by Crippen LogP contribution is 2.31. The first kappa shape index (κ1) is 20.5. The van der Waals surface area contributed by atoms with Gasteiger partial charge >= 0.3 is 0 Å². The monoisotopic (exact) mass is 458 g/mol. The van der Waals surface area contributed by atoms with Gasteiger partial charge in [-0.2, -0.15) is 5.10 Å². The van der Waals surface area contributed by atoms with Gasteiger partial charge < -0.3 is 15.8 Å². The summed E-state index contributed by atoms with van der Waals surface area (Å²) < 4.78 is 7.30. The van der Waals surface area contributed by atoms with Crippen LogP contribution in [0.2, 0.25) is 0 Å². The van der Waals surface area contributed by atoms with Crippen LogP contribution in [0.1, 0.15) is 16.1 Å². The highest BCUT2D eigenvalue weighted by atomic mass is 32.1. The van der Waals surface area contributed by atoms with Gasteiger partial charge in [-0.25, -0.2) is 15.0 Å². The highest BCUT2D eigenvalue weighted by Gasteiger charge is 2.18. The van der Waals surface area contributed by atoms with Crippen molar-refractivity contribution < 1.29 is 9.53 Å². The van der Waals surface area contributed by atoms with Gasteiger partial charge in [0.05, 0.1) is 47.8 Å². The number of nitrogens with zero attached hydrogens (tertiary/aromatic N) is 6. The molecule has 0 unspecified atom stereocenters. The van der Waals surface area contributed by atoms with Crippen molar-refractivity contribution in [3.05, 3.63) is 71.1 Å². The van der Waals surface area contributed by atoms with Crippen molar-refractivity contribution in [2.45, 2.75) is 6.54 Å². The van der Waals surface area contributed by atoms with E-state index in [1.807, 2.05) is 34.3 Å². The molecule has 4 heterocycles. The second kappa shape index (κ2) is 8.63. The molecule has 0 aliphatic heterocycles. The van der Waals surface area contributed by atoms with Crippen molar-refractivity contribution in [1.82, 2.24) is 29.7 Å². The zero-order chi connectivity index (χ0) is 22.8. The molecule has 0 saturated heterocycles. The van der Waals surface area contributed by atoms with Crippen molar-refractivity contribution in [3.63, 3.8) is 0 Å². The fourth-order valence-corrected chi connectivity index (χ4v) is 3.98. The van der Waals surface area contributed by atoms with Gasteiger partial charge in [0.25, 0.3) is 5.91 Å². The number of para-hydroxylation sites is 1. The predicted molar refractivity (Wildman–Crippen MR) is 125 cm³/mol. The number of methoxy groups -OCH3 is 1. The summed E-state index contributed by atoms with van der Waals surface area (Å²) in [5.41, 5.74) is 10.5. The summed E-state index contributed by atoms with van der Waals surface area (Å²) in [4.78, 5) is 29.3. The van der Waals surface area contributed by atoms with E-state index < -0.39 is 5.91 Å².